The Balaban J connectivity index is 2.50. The van der Waals surface area contributed by atoms with Crippen molar-refractivity contribution in [2.45, 2.75) is 58.4 Å². The molecule has 0 heterocycles. The molecule has 0 aromatic carbocycles. The molecule has 1 rings (SSSR count). The lowest BCUT2D eigenvalue weighted by Gasteiger charge is -2.34. The molecule has 0 radical (unpaired) electrons. The molecule has 1 unspecified atom stereocenters. The van der Waals surface area contributed by atoms with Gasteiger partial charge in [0.05, 0.1) is 6.07 Å². The Morgan fingerprint density at radius 2 is 2.20 bits per heavy atom. The van der Waals surface area contributed by atoms with E-state index in [1.165, 1.54) is 0 Å². The molecule has 1 fully saturated rings. The first kappa shape index (κ1) is 12.0. The van der Waals surface area contributed by atoms with Crippen LogP contribution in [-0.4, -0.2) is 11.9 Å². The molecule has 15 heavy (non-hydrogen) atoms. The van der Waals surface area contributed by atoms with Crippen molar-refractivity contribution < 1.29 is 4.79 Å². The minimum Gasteiger partial charge on any atom is -0.352 e. The van der Waals surface area contributed by atoms with Gasteiger partial charge in [-0.25, -0.2) is 0 Å². The van der Waals surface area contributed by atoms with Crippen molar-refractivity contribution >= 4 is 5.91 Å². The Labute approximate surface area is 91.9 Å². The van der Waals surface area contributed by atoms with E-state index in [1.807, 2.05) is 0 Å². The van der Waals surface area contributed by atoms with E-state index in [4.69, 9.17) is 5.26 Å². The van der Waals surface area contributed by atoms with Crippen LogP contribution in [0.4, 0.5) is 0 Å². The van der Waals surface area contributed by atoms with E-state index in [0.717, 1.165) is 38.5 Å². The van der Waals surface area contributed by atoms with E-state index in [9.17, 15) is 4.79 Å². The number of rotatable bonds is 5. The maximum Gasteiger partial charge on any atom is 0.240 e. The lowest BCUT2D eigenvalue weighted by atomic mass is 9.69. The molecule has 1 N–H and O–H groups in total. The number of carbonyl (C=O) groups excluding carboxylic acids is 1. The SMILES string of the molecule is CCCC(CC)NC(=O)C1(C#N)CCC1. The Kier molecular flexibility index (Phi) is 4.14. The van der Waals surface area contributed by atoms with Crippen LogP contribution in [0.2, 0.25) is 0 Å². The number of amides is 1. The van der Waals surface area contributed by atoms with Crippen LogP contribution >= 0.6 is 0 Å². The number of nitriles is 1. The van der Waals surface area contributed by atoms with Gasteiger partial charge in [0.15, 0.2) is 0 Å². The van der Waals surface area contributed by atoms with E-state index in [0.29, 0.717) is 0 Å². The minimum atomic E-state index is -0.693. The van der Waals surface area contributed by atoms with Crippen LogP contribution in [0.1, 0.15) is 52.4 Å². The predicted octanol–water partition coefficient (Wildman–Crippen LogP) is 2.38. The Morgan fingerprint density at radius 3 is 2.53 bits per heavy atom. The van der Waals surface area contributed by atoms with Gasteiger partial charge in [-0.3, -0.25) is 4.79 Å². The first-order chi connectivity index (χ1) is 7.18. The molecule has 1 amide bonds. The largest absolute Gasteiger partial charge is 0.352 e. The molecule has 1 atom stereocenters. The lowest BCUT2D eigenvalue weighted by Crippen LogP contribution is -2.48. The van der Waals surface area contributed by atoms with Crippen molar-refractivity contribution in [3.05, 3.63) is 0 Å². The van der Waals surface area contributed by atoms with Gasteiger partial charge in [-0.05, 0) is 32.1 Å². The lowest BCUT2D eigenvalue weighted by molar-refractivity contribution is -0.132. The summed E-state index contributed by atoms with van der Waals surface area (Å²) in [6.45, 7) is 4.18. The van der Waals surface area contributed by atoms with Gasteiger partial charge in [0.2, 0.25) is 5.91 Å². The topological polar surface area (TPSA) is 52.9 Å². The maximum atomic E-state index is 11.9. The quantitative estimate of drug-likeness (QED) is 0.754. The highest BCUT2D eigenvalue weighted by atomic mass is 16.2. The first-order valence-corrected chi connectivity index (χ1v) is 5.90. The summed E-state index contributed by atoms with van der Waals surface area (Å²) in [6, 6.07) is 2.42. The highest BCUT2D eigenvalue weighted by molar-refractivity contribution is 5.86. The van der Waals surface area contributed by atoms with E-state index in [1.54, 1.807) is 0 Å². The summed E-state index contributed by atoms with van der Waals surface area (Å²) in [4.78, 5) is 11.9. The average Bonchev–Trinajstić information content (AvgIpc) is 2.16. The fraction of sp³-hybridized carbons (Fsp3) is 0.833. The van der Waals surface area contributed by atoms with Gasteiger partial charge in [-0.15, -0.1) is 0 Å². The second-order valence-corrected chi connectivity index (χ2v) is 4.41. The first-order valence-electron chi connectivity index (χ1n) is 5.90. The molecule has 1 aliphatic carbocycles. The third-order valence-corrected chi connectivity index (χ3v) is 3.32. The summed E-state index contributed by atoms with van der Waals surface area (Å²) in [5.74, 6) is -0.0449. The molecule has 0 aromatic rings. The normalized spacial score (nSPS) is 19.8. The number of hydrogen-bond acceptors (Lipinski definition) is 2. The summed E-state index contributed by atoms with van der Waals surface area (Å²) in [6.07, 6.45) is 5.49. The van der Waals surface area contributed by atoms with Crippen molar-refractivity contribution in [2.75, 3.05) is 0 Å². The Hall–Kier alpha value is -1.04. The molecule has 0 saturated heterocycles. The highest BCUT2D eigenvalue weighted by Crippen LogP contribution is 2.40. The molecule has 0 aliphatic heterocycles. The zero-order valence-corrected chi connectivity index (χ0v) is 9.68. The zero-order chi connectivity index (χ0) is 11.3. The van der Waals surface area contributed by atoms with Crippen LogP contribution < -0.4 is 5.32 Å². The second-order valence-electron chi connectivity index (χ2n) is 4.41. The summed E-state index contributed by atoms with van der Waals surface area (Å²) >= 11 is 0. The van der Waals surface area contributed by atoms with Gasteiger partial charge in [0.1, 0.15) is 5.41 Å². The standard InChI is InChI=1S/C12H20N2O/c1-3-6-10(4-2)14-11(15)12(9-13)7-5-8-12/h10H,3-8H2,1-2H3,(H,14,15). The molecular formula is C12H20N2O. The molecule has 3 nitrogen and oxygen atoms in total. The van der Waals surface area contributed by atoms with Gasteiger partial charge in [0, 0.05) is 6.04 Å². The monoisotopic (exact) mass is 208 g/mol. The van der Waals surface area contributed by atoms with Crippen LogP contribution in [0.3, 0.4) is 0 Å². The molecule has 0 bridgehead atoms. The van der Waals surface area contributed by atoms with Gasteiger partial charge in [-0.2, -0.15) is 5.26 Å². The molecule has 1 aliphatic rings. The van der Waals surface area contributed by atoms with Gasteiger partial charge in [-0.1, -0.05) is 20.3 Å². The molecule has 0 spiro atoms. The summed E-state index contributed by atoms with van der Waals surface area (Å²) in [5, 5.41) is 12.0. The minimum absolute atomic E-state index is 0.0449. The molecule has 3 heteroatoms. The van der Waals surface area contributed by atoms with E-state index in [2.05, 4.69) is 25.2 Å². The van der Waals surface area contributed by atoms with Gasteiger partial charge < -0.3 is 5.32 Å². The third-order valence-electron chi connectivity index (χ3n) is 3.32. The van der Waals surface area contributed by atoms with E-state index in [-0.39, 0.29) is 11.9 Å². The van der Waals surface area contributed by atoms with Crippen LogP contribution in [0.15, 0.2) is 0 Å². The van der Waals surface area contributed by atoms with E-state index < -0.39 is 5.41 Å². The van der Waals surface area contributed by atoms with Crippen molar-refractivity contribution in [3.63, 3.8) is 0 Å². The fourth-order valence-electron chi connectivity index (χ4n) is 1.97. The van der Waals surface area contributed by atoms with Crippen LogP contribution in [-0.2, 0) is 4.79 Å². The maximum absolute atomic E-state index is 11.9. The second kappa shape index (κ2) is 5.16. The molecule has 84 valence electrons. The van der Waals surface area contributed by atoms with Crippen molar-refractivity contribution in [3.8, 4) is 6.07 Å². The van der Waals surface area contributed by atoms with E-state index >= 15 is 0 Å². The van der Waals surface area contributed by atoms with Crippen molar-refractivity contribution in [1.29, 1.82) is 5.26 Å². The van der Waals surface area contributed by atoms with Crippen LogP contribution in [0, 0.1) is 16.7 Å². The van der Waals surface area contributed by atoms with Gasteiger partial charge in [0.25, 0.3) is 0 Å². The zero-order valence-electron chi connectivity index (χ0n) is 9.68. The Bertz CT molecular complexity index is 263. The number of carbonyl (C=O) groups is 1. The van der Waals surface area contributed by atoms with Crippen LogP contribution in [0.5, 0.6) is 0 Å². The average molecular weight is 208 g/mol. The molecule has 0 aromatic heterocycles. The highest BCUT2D eigenvalue weighted by Gasteiger charge is 2.44. The number of nitrogens with one attached hydrogen (secondary N) is 1. The van der Waals surface area contributed by atoms with Crippen molar-refractivity contribution in [2.24, 2.45) is 5.41 Å². The fourth-order valence-corrected chi connectivity index (χ4v) is 1.97. The van der Waals surface area contributed by atoms with Gasteiger partial charge >= 0.3 is 0 Å². The smallest absolute Gasteiger partial charge is 0.240 e. The number of nitrogens with zero attached hydrogens (tertiary/aromatic N) is 1. The Morgan fingerprint density at radius 1 is 1.53 bits per heavy atom. The third kappa shape index (κ3) is 2.50. The summed E-state index contributed by atoms with van der Waals surface area (Å²) in [7, 11) is 0. The molecule has 1 saturated carbocycles. The molecular weight excluding hydrogens is 188 g/mol. The number of hydrogen-bond donors (Lipinski definition) is 1. The van der Waals surface area contributed by atoms with Crippen molar-refractivity contribution in [1.82, 2.24) is 5.32 Å². The van der Waals surface area contributed by atoms with Crippen LogP contribution in [0.25, 0.3) is 0 Å². The summed E-state index contributed by atoms with van der Waals surface area (Å²) < 4.78 is 0. The predicted molar refractivity (Wildman–Crippen MR) is 59.0 cm³/mol. The summed E-state index contributed by atoms with van der Waals surface area (Å²) in [5.41, 5.74) is -0.693.